The largest absolute Gasteiger partial charge is 0.501 e. The van der Waals surface area contributed by atoms with Crippen molar-refractivity contribution in [1.82, 2.24) is 14.7 Å². The molecule has 7 heteroatoms. The van der Waals surface area contributed by atoms with Crippen LogP contribution in [0, 0.1) is 5.41 Å². The highest BCUT2D eigenvalue weighted by molar-refractivity contribution is 6.60. The standard InChI is InChI=1S/C32H71N3O3Si/c1-10-25-33(13-4)28-19-22-32(23-20-29-34(14-5)26-11-2,24-21-30-35(15-6)27-12-3)31-39(36-16-7,37-17-8)38-18-9/h10-31H2,1-9H3. The number of rotatable bonds is 29. The fraction of sp³-hybridized carbons (Fsp3) is 1.00. The second kappa shape index (κ2) is 24.6. The molecular weight excluding hydrogens is 502 g/mol. The molecule has 6 nitrogen and oxygen atoms in total. The van der Waals surface area contributed by atoms with E-state index in [1.54, 1.807) is 0 Å². The van der Waals surface area contributed by atoms with E-state index in [2.05, 4.69) is 77.0 Å². The van der Waals surface area contributed by atoms with E-state index in [1.807, 2.05) is 0 Å². The third kappa shape index (κ3) is 16.9. The van der Waals surface area contributed by atoms with Gasteiger partial charge in [-0.1, -0.05) is 41.5 Å². The van der Waals surface area contributed by atoms with Gasteiger partial charge in [0.05, 0.1) is 0 Å². The molecule has 0 unspecified atom stereocenters. The highest BCUT2D eigenvalue weighted by atomic mass is 28.4. The Morgan fingerprint density at radius 3 is 1.00 bits per heavy atom. The maximum absolute atomic E-state index is 6.49. The molecule has 0 amide bonds. The van der Waals surface area contributed by atoms with Crippen LogP contribution in [0.25, 0.3) is 0 Å². The highest BCUT2D eigenvalue weighted by Crippen LogP contribution is 2.44. The lowest BCUT2D eigenvalue weighted by Gasteiger charge is -2.41. The summed E-state index contributed by atoms with van der Waals surface area (Å²) in [6.45, 7) is 32.6. The van der Waals surface area contributed by atoms with E-state index in [1.165, 1.54) is 97.1 Å². The molecule has 0 atom stereocenters. The summed E-state index contributed by atoms with van der Waals surface area (Å²) in [5, 5.41) is 0. The lowest BCUT2D eigenvalue weighted by Crippen LogP contribution is -2.50. The van der Waals surface area contributed by atoms with Crippen molar-refractivity contribution >= 4 is 8.80 Å². The number of hydrogen-bond donors (Lipinski definition) is 0. The predicted octanol–water partition coefficient (Wildman–Crippen LogP) is 7.56. The average Bonchev–Trinajstić information content (AvgIpc) is 2.92. The average molecular weight is 574 g/mol. The lowest BCUT2D eigenvalue weighted by atomic mass is 9.76. The molecular formula is C32H71N3O3Si. The molecule has 0 spiro atoms. The molecule has 0 heterocycles. The summed E-state index contributed by atoms with van der Waals surface area (Å²) in [6, 6.07) is 0.954. The molecule has 0 radical (unpaired) electrons. The minimum absolute atomic E-state index is 0.189. The molecule has 0 saturated carbocycles. The van der Waals surface area contributed by atoms with Crippen molar-refractivity contribution < 1.29 is 13.3 Å². The summed E-state index contributed by atoms with van der Waals surface area (Å²) in [5.41, 5.74) is 0.189. The van der Waals surface area contributed by atoms with Crippen LogP contribution in [0.4, 0.5) is 0 Å². The van der Waals surface area contributed by atoms with Gasteiger partial charge in [0.2, 0.25) is 0 Å². The van der Waals surface area contributed by atoms with Crippen molar-refractivity contribution in [3.8, 4) is 0 Å². The first-order valence-electron chi connectivity index (χ1n) is 17.0. The molecule has 0 aromatic heterocycles. The fourth-order valence-corrected chi connectivity index (χ4v) is 9.63. The Bertz CT molecular complexity index is 473. The smallest absolute Gasteiger partial charge is 0.374 e. The molecule has 0 aromatic rings. The SMILES string of the molecule is CCCN(CC)CCCC(CCCN(CC)CCC)(CCCN(CC)CCC)C[Si](OCC)(OCC)OCC. The molecule has 0 bridgehead atoms. The molecule has 39 heavy (non-hydrogen) atoms. The van der Waals surface area contributed by atoms with Crippen LogP contribution in [0.1, 0.15) is 120 Å². The highest BCUT2D eigenvalue weighted by Gasteiger charge is 2.48. The summed E-state index contributed by atoms with van der Waals surface area (Å²) in [4.78, 5) is 7.88. The lowest BCUT2D eigenvalue weighted by molar-refractivity contribution is 0.0508. The summed E-state index contributed by atoms with van der Waals surface area (Å²) in [7, 11) is -2.77. The van der Waals surface area contributed by atoms with Gasteiger partial charge in [-0.05, 0) is 143 Å². The van der Waals surface area contributed by atoms with Crippen LogP contribution in [0.15, 0.2) is 0 Å². The van der Waals surface area contributed by atoms with Crippen molar-refractivity contribution in [3.63, 3.8) is 0 Å². The Kier molecular flexibility index (Phi) is 24.5. The molecule has 0 aromatic carbocycles. The van der Waals surface area contributed by atoms with Crippen LogP contribution in [0.2, 0.25) is 6.04 Å². The van der Waals surface area contributed by atoms with Crippen LogP contribution >= 0.6 is 0 Å². The van der Waals surface area contributed by atoms with Crippen molar-refractivity contribution in [2.24, 2.45) is 5.41 Å². The van der Waals surface area contributed by atoms with Gasteiger partial charge in [-0.15, -0.1) is 0 Å². The van der Waals surface area contributed by atoms with E-state index in [9.17, 15) is 0 Å². The predicted molar refractivity (Wildman–Crippen MR) is 173 cm³/mol. The topological polar surface area (TPSA) is 37.4 Å². The van der Waals surface area contributed by atoms with Gasteiger partial charge in [0.25, 0.3) is 0 Å². The molecule has 236 valence electrons. The minimum atomic E-state index is -2.77. The molecule has 0 aliphatic carbocycles. The van der Waals surface area contributed by atoms with Crippen LogP contribution in [0.3, 0.4) is 0 Å². The fourth-order valence-electron chi connectivity index (χ4n) is 6.30. The monoisotopic (exact) mass is 574 g/mol. The van der Waals surface area contributed by atoms with E-state index < -0.39 is 8.80 Å². The second-order valence-corrected chi connectivity index (χ2v) is 13.9. The zero-order valence-electron chi connectivity index (χ0n) is 28.1. The van der Waals surface area contributed by atoms with Crippen molar-refractivity contribution in [2.75, 3.05) is 78.7 Å². The van der Waals surface area contributed by atoms with Crippen molar-refractivity contribution in [1.29, 1.82) is 0 Å². The molecule has 0 aliphatic heterocycles. The van der Waals surface area contributed by atoms with Crippen molar-refractivity contribution in [2.45, 2.75) is 126 Å². The van der Waals surface area contributed by atoms with Crippen LogP contribution in [-0.4, -0.2) is 102 Å². The second-order valence-electron chi connectivity index (χ2n) is 11.3. The molecule has 0 rings (SSSR count). The van der Waals surface area contributed by atoms with E-state index in [-0.39, 0.29) is 5.41 Å². The number of nitrogens with zero attached hydrogens (tertiary/aromatic N) is 3. The van der Waals surface area contributed by atoms with Gasteiger partial charge in [-0.3, -0.25) is 0 Å². The van der Waals surface area contributed by atoms with Crippen LogP contribution in [0.5, 0.6) is 0 Å². The van der Waals surface area contributed by atoms with Crippen LogP contribution < -0.4 is 0 Å². The molecule has 0 fully saturated rings. The maximum atomic E-state index is 6.49. The third-order valence-electron chi connectivity index (χ3n) is 8.19. The zero-order chi connectivity index (χ0) is 29.4. The van der Waals surface area contributed by atoms with Crippen LogP contribution in [-0.2, 0) is 13.3 Å². The van der Waals surface area contributed by atoms with Crippen molar-refractivity contribution in [3.05, 3.63) is 0 Å². The Labute approximate surface area is 246 Å². The molecule has 0 aliphatic rings. The Balaban J connectivity index is 6.12. The summed E-state index contributed by atoms with van der Waals surface area (Å²) < 4.78 is 19.5. The normalized spacial score (nSPS) is 12.9. The van der Waals surface area contributed by atoms with Gasteiger partial charge in [0.15, 0.2) is 0 Å². The number of hydrogen-bond acceptors (Lipinski definition) is 6. The van der Waals surface area contributed by atoms with E-state index in [0.717, 1.165) is 25.7 Å². The Hall–Kier alpha value is -0.0231. The van der Waals surface area contributed by atoms with E-state index in [0.29, 0.717) is 19.8 Å². The first kappa shape index (κ1) is 39.0. The Morgan fingerprint density at radius 1 is 0.462 bits per heavy atom. The minimum Gasteiger partial charge on any atom is -0.374 e. The third-order valence-corrected chi connectivity index (χ3v) is 11.6. The van der Waals surface area contributed by atoms with E-state index >= 15 is 0 Å². The van der Waals surface area contributed by atoms with Gasteiger partial charge >= 0.3 is 8.80 Å². The first-order valence-corrected chi connectivity index (χ1v) is 18.9. The van der Waals surface area contributed by atoms with Gasteiger partial charge in [0.1, 0.15) is 0 Å². The first-order chi connectivity index (χ1) is 18.9. The van der Waals surface area contributed by atoms with Gasteiger partial charge < -0.3 is 28.0 Å². The molecule has 0 N–H and O–H groups in total. The summed E-state index contributed by atoms with van der Waals surface area (Å²) in [6.07, 6.45) is 11.1. The molecule has 0 saturated heterocycles. The zero-order valence-corrected chi connectivity index (χ0v) is 29.1. The quantitative estimate of drug-likeness (QED) is 0.0860. The van der Waals surface area contributed by atoms with E-state index in [4.69, 9.17) is 13.3 Å². The van der Waals surface area contributed by atoms with Gasteiger partial charge in [-0.25, -0.2) is 0 Å². The van der Waals surface area contributed by atoms with Gasteiger partial charge in [-0.2, -0.15) is 0 Å². The maximum Gasteiger partial charge on any atom is 0.501 e. The summed E-state index contributed by atoms with van der Waals surface area (Å²) >= 11 is 0. The summed E-state index contributed by atoms with van der Waals surface area (Å²) in [5.74, 6) is 0. The van der Waals surface area contributed by atoms with Gasteiger partial charge in [0, 0.05) is 25.9 Å². The Morgan fingerprint density at radius 2 is 0.769 bits per heavy atom.